The Balaban J connectivity index is 2.15. The normalized spacial score (nSPS) is 24.9. The van der Waals surface area contributed by atoms with Gasteiger partial charge in [0.25, 0.3) is 0 Å². The molecule has 2 rings (SSSR count). The molecule has 0 spiro atoms. The number of hydrogen-bond acceptors (Lipinski definition) is 3. The summed E-state index contributed by atoms with van der Waals surface area (Å²) in [5.74, 6) is 0.118. The molecule has 112 valence electrons. The van der Waals surface area contributed by atoms with Crippen LogP contribution in [0, 0.1) is 6.92 Å². The van der Waals surface area contributed by atoms with E-state index in [-0.39, 0.29) is 17.0 Å². The first-order valence-corrected chi connectivity index (χ1v) is 9.23. The highest BCUT2D eigenvalue weighted by Gasteiger charge is 2.31. The van der Waals surface area contributed by atoms with E-state index in [1.165, 1.54) is 6.42 Å². The maximum Gasteiger partial charge on any atom is 0.158 e. The SMILES string of the molecule is Cc1cccc(CS(=O)(=O)C2CCCCCCC2N)c1. The number of sulfone groups is 1. The summed E-state index contributed by atoms with van der Waals surface area (Å²) in [6.45, 7) is 1.98. The molecule has 1 fully saturated rings. The molecule has 0 heterocycles. The minimum atomic E-state index is -3.17. The molecular weight excluding hydrogens is 270 g/mol. The number of rotatable bonds is 3. The zero-order valence-corrected chi connectivity index (χ0v) is 13.0. The molecular formula is C16H25NO2S. The number of nitrogens with two attached hydrogens (primary N) is 1. The van der Waals surface area contributed by atoms with Gasteiger partial charge in [-0.25, -0.2) is 8.42 Å². The van der Waals surface area contributed by atoms with Gasteiger partial charge in [-0.3, -0.25) is 0 Å². The molecule has 0 radical (unpaired) electrons. The van der Waals surface area contributed by atoms with E-state index in [1.54, 1.807) is 0 Å². The summed E-state index contributed by atoms with van der Waals surface area (Å²) in [6.07, 6.45) is 5.89. The summed E-state index contributed by atoms with van der Waals surface area (Å²) in [4.78, 5) is 0. The van der Waals surface area contributed by atoms with E-state index in [4.69, 9.17) is 5.73 Å². The third-order valence-corrected chi connectivity index (χ3v) is 6.41. The fourth-order valence-electron chi connectivity index (χ4n) is 3.07. The number of aryl methyl sites for hydroxylation is 1. The van der Waals surface area contributed by atoms with Gasteiger partial charge in [-0.15, -0.1) is 0 Å². The van der Waals surface area contributed by atoms with Gasteiger partial charge in [0, 0.05) is 6.04 Å². The molecule has 0 aliphatic heterocycles. The second kappa shape index (κ2) is 6.72. The van der Waals surface area contributed by atoms with Crippen LogP contribution in [-0.4, -0.2) is 19.7 Å². The van der Waals surface area contributed by atoms with E-state index < -0.39 is 9.84 Å². The Hall–Kier alpha value is -0.870. The van der Waals surface area contributed by atoms with Crippen molar-refractivity contribution in [2.45, 2.75) is 62.5 Å². The summed E-state index contributed by atoms with van der Waals surface area (Å²) >= 11 is 0. The Morgan fingerprint density at radius 3 is 2.55 bits per heavy atom. The lowest BCUT2D eigenvalue weighted by atomic mass is 9.97. The van der Waals surface area contributed by atoms with Crippen LogP contribution in [0.3, 0.4) is 0 Å². The van der Waals surface area contributed by atoms with Gasteiger partial charge in [0.05, 0.1) is 11.0 Å². The van der Waals surface area contributed by atoms with E-state index in [9.17, 15) is 8.42 Å². The summed E-state index contributed by atoms with van der Waals surface area (Å²) in [5, 5.41) is -0.372. The predicted molar refractivity (Wildman–Crippen MR) is 83.3 cm³/mol. The largest absolute Gasteiger partial charge is 0.327 e. The van der Waals surface area contributed by atoms with Gasteiger partial charge in [-0.1, -0.05) is 55.5 Å². The van der Waals surface area contributed by atoms with Gasteiger partial charge in [0.2, 0.25) is 0 Å². The molecule has 1 aromatic rings. The monoisotopic (exact) mass is 295 g/mol. The minimum absolute atomic E-state index is 0.118. The molecule has 2 atom stereocenters. The number of hydrogen-bond donors (Lipinski definition) is 1. The molecule has 1 aliphatic rings. The Labute approximate surface area is 122 Å². The van der Waals surface area contributed by atoms with Crippen molar-refractivity contribution in [3.05, 3.63) is 35.4 Å². The standard InChI is InChI=1S/C16H25NO2S/c1-13-7-6-8-14(11-13)12-20(18,19)16-10-5-3-2-4-9-15(16)17/h6-8,11,15-16H,2-5,9-10,12,17H2,1H3. The molecule has 0 bridgehead atoms. The smallest absolute Gasteiger partial charge is 0.158 e. The third-order valence-electron chi connectivity index (χ3n) is 4.17. The lowest BCUT2D eigenvalue weighted by molar-refractivity contribution is 0.443. The van der Waals surface area contributed by atoms with Crippen LogP contribution in [0.1, 0.15) is 49.7 Å². The van der Waals surface area contributed by atoms with E-state index in [0.717, 1.165) is 43.2 Å². The zero-order valence-electron chi connectivity index (χ0n) is 12.2. The topological polar surface area (TPSA) is 60.2 Å². The van der Waals surface area contributed by atoms with Gasteiger partial charge in [0.1, 0.15) is 0 Å². The molecule has 2 unspecified atom stereocenters. The van der Waals surface area contributed by atoms with Crippen molar-refractivity contribution in [2.24, 2.45) is 5.73 Å². The summed E-state index contributed by atoms with van der Waals surface area (Å²) in [5.41, 5.74) is 8.11. The maximum absolute atomic E-state index is 12.7. The second-order valence-electron chi connectivity index (χ2n) is 5.99. The Bertz CT molecular complexity index is 539. The zero-order chi connectivity index (χ0) is 14.6. The first-order valence-electron chi connectivity index (χ1n) is 7.52. The van der Waals surface area contributed by atoms with Crippen LogP contribution in [0.15, 0.2) is 24.3 Å². The van der Waals surface area contributed by atoms with Crippen molar-refractivity contribution in [1.82, 2.24) is 0 Å². The highest BCUT2D eigenvalue weighted by molar-refractivity contribution is 7.91. The molecule has 1 saturated carbocycles. The van der Waals surface area contributed by atoms with Gasteiger partial charge in [0.15, 0.2) is 9.84 Å². The molecule has 3 nitrogen and oxygen atoms in total. The average Bonchev–Trinajstić information content (AvgIpc) is 2.33. The molecule has 4 heteroatoms. The molecule has 0 amide bonds. The quantitative estimate of drug-likeness (QED) is 0.932. The van der Waals surface area contributed by atoms with Crippen molar-refractivity contribution in [3.63, 3.8) is 0 Å². The molecule has 0 saturated heterocycles. The second-order valence-corrected chi connectivity index (χ2v) is 8.21. The van der Waals surface area contributed by atoms with Crippen molar-refractivity contribution in [2.75, 3.05) is 0 Å². The fourth-order valence-corrected chi connectivity index (χ4v) is 5.12. The van der Waals surface area contributed by atoms with Crippen LogP contribution in [0.5, 0.6) is 0 Å². The molecule has 2 N–H and O–H groups in total. The Morgan fingerprint density at radius 1 is 1.15 bits per heavy atom. The molecule has 1 aromatic carbocycles. The van der Waals surface area contributed by atoms with Crippen LogP contribution in [0.4, 0.5) is 0 Å². The molecule has 1 aliphatic carbocycles. The molecule has 0 aromatic heterocycles. The summed E-state index contributed by atoms with van der Waals surface area (Å²) in [6, 6.07) is 7.53. The third kappa shape index (κ3) is 4.06. The first kappa shape index (κ1) is 15.5. The van der Waals surface area contributed by atoms with Gasteiger partial charge >= 0.3 is 0 Å². The lowest BCUT2D eigenvalue weighted by Crippen LogP contribution is -2.41. The highest BCUT2D eigenvalue weighted by atomic mass is 32.2. The fraction of sp³-hybridized carbons (Fsp3) is 0.625. The average molecular weight is 295 g/mol. The van der Waals surface area contributed by atoms with Crippen molar-refractivity contribution in [1.29, 1.82) is 0 Å². The van der Waals surface area contributed by atoms with Crippen LogP contribution in [-0.2, 0) is 15.6 Å². The van der Waals surface area contributed by atoms with Crippen LogP contribution >= 0.6 is 0 Å². The van der Waals surface area contributed by atoms with E-state index in [1.807, 2.05) is 31.2 Å². The molecule has 20 heavy (non-hydrogen) atoms. The Kier molecular flexibility index (Phi) is 5.22. The minimum Gasteiger partial charge on any atom is -0.327 e. The highest BCUT2D eigenvalue weighted by Crippen LogP contribution is 2.24. The van der Waals surface area contributed by atoms with Crippen molar-refractivity contribution in [3.8, 4) is 0 Å². The van der Waals surface area contributed by atoms with Crippen LogP contribution < -0.4 is 5.73 Å². The predicted octanol–water partition coefficient (Wildman–Crippen LogP) is 2.96. The lowest BCUT2D eigenvalue weighted by Gasteiger charge is -2.26. The summed E-state index contributed by atoms with van der Waals surface area (Å²) < 4.78 is 25.3. The summed E-state index contributed by atoms with van der Waals surface area (Å²) in [7, 11) is -3.17. The van der Waals surface area contributed by atoms with Gasteiger partial charge in [-0.2, -0.15) is 0 Å². The van der Waals surface area contributed by atoms with Crippen molar-refractivity contribution < 1.29 is 8.42 Å². The van der Waals surface area contributed by atoms with E-state index in [2.05, 4.69) is 0 Å². The van der Waals surface area contributed by atoms with Gasteiger partial charge < -0.3 is 5.73 Å². The van der Waals surface area contributed by atoms with E-state index >= 15 is 0 Å². The number of benzene rings is 1. The first-order chi connectivity index (χ1) is 9.49. The van der Waals surface area contributed by atoms with Crippen molar-refractivity contribution >= 4 is 9.84 Å². The van der Waals surface area contributed by atoms with Crippen LogP contribution in [0.25, 0.3) is 0 Å². The maximum atomic E-state index is 12.7. The Morgan fingerprint density at radius 2 is 1.85 bits per heavy atom. The van der Waals surface area contributed by atoms with Crippen LogP contribution in [0.2, 0.25) is 0 Å². The van der Waals surface area contributed by atoms with Gasteiger partial charge in [-0.05, 0) is 25.3 Å². The van der Waals surface area contributed by atoms with E-state index in [0.29, 0.717) is 0 Å².